The number of carboxylic acid groups (broad SMARTS) is 1. The van der Waals surface area contributed by atoms with Crippen molar-refractivity contribution >= 4 is 16.3 Å². The summed E-state index contributed by atoms with van der Waals surface area (Å²) in [6, 6.07) is -1.43. The molecule has 13 heavy (non-hydrogen) atoms. The van der Waals surface area contributed by atoms with E-state index >= 15 is 0 Å². The lowest BCUT2D eigenvalue weighted by molar-refractivity contribution is -0.137. The molecule has 6 nitrogen and oxygen atoms in total. The zero-order chi connectivity index (χ0) is 9.90. The summed E-state index contributed by atoms with van der Waals surface area (Å²) >= 11 is 0. The minimum atomic E-state index is -3.97. The van der Waals surface area contributed by atoms with E-state index in [0.717, 1.165) is 0 Å². The maximum absolute atomic E-state index is 10.9. The Morgan fingerprint density at radius 1 is 1.62 bits per heavy atom. The molecule has 0 spiro atoms. The van der Waals surface area contributed by atoms with Crippen molar-refractivity contribution in [2.45, 2.75) is 12.5 Å². The summed E-state index contributed by atoms with van der Waals surface area (Å²) in [6.45, 7) is -0.0608. The van der Waals surface area contributed by atoms with Gasteiger partial charge in [0.05, 0.1) is 6.61 Å². The Bertz CT molecular complexity index is 362. The standard InChI is InChI=1S/C6H7NO5S/c8-6(9)5-3-1-2-4-12-13(10,11)7-5/h5,7H,2,4H2,(H,8,9)/t5-/m1/s1. The van der Waals surface area contributed by atoms with Crippen LogP contribution in [0.2, 0.25) is 0 Å². The number of hydrogen-bond acceptors (Lipinski definition) is 4. The van der Waals surface area contributed by atoms with Crippen LogP contribution in [0.15, 0.2) is 0 Å². The van der Waals surface area contributed by atoms with Crippen LogP contribution in [0.4, 0.5) is 0 Å². The van der Waals surface area contributed by atoms with Crippen LogP contribution >= 0.6 is 0 Å². The van der Waals surface area contributed by atoms with Crippen LogP contribution < -0.4 is 4.72 Å². The quantitative estimate of drug-likeness (QED) is 0.519. The van der Waals surface area contributed by atoms with E-state index in [1.54, 1.807) is 4.72 Å². The fourth-order valence-electron chi connectivity index (χ4n) is 0.697. The number of aliphatic carboxylic acids is 1. The van der Waals surface area contributed by atoms with Gasteiger partial charge < -0.3 is 5.11 Å². The first kappa shape index (κ1) is 9.98. The summed E-state index contributed by atoms with van der Waals surface area (Å²) in [5, 5.41) is 8.50. The molecule has 1 aliphatic rings. The molecule has 0 bridgehead atoms. The van der Waals surface area contributed by atoms with Gasteiger partial charge in [0.2, 0.25) is 0 Å². The lowest BCUT2D eigenvalue weighted by Crippen LogP contribution is -2.41. The highest BCUT2D eigenvalue weighted by Crippen LogP contribution is 1.96. The van der Waals surface area contributed by atoms with Gasteiger partial charge in [-0.15, -0.1) is 0 Å². The van der Waals surface area contributed by atoms with E-state index in [0.29, 0.717) is 0 Å². The molecule has 1 aliphatic heterocycles. The molecular weight excluding hydrogens is 198 g/mol. The van der Waals surface area contributed by atoms with Crippen LogP contribution in [0.25, 0.3) is 0 Å². The molecule has 0 amide bonds. The van der Waals surface area contributed by atoms with Crippen molar-refractivity contribution in [2.75, 3.05) is 6.61 Å². The van der Waals surface area contributed by atoms with Crippen LogP contribution in [0.1, 0.15) is 6.42 Å². The highest BCUT2D eigenvalue weighted by atomic mass is 32.2. The molecule has 1 heterocycles. The Balaban J connectivity index is 2.89. The third-order valence-corrected chi connectivity index (χ3v) is 2.22. The summed E-state index contributed by atoms with van der Waals surface area (Å²) in [5.41, 5.74) is 0. The number of rotatable bonds is 1. The molecule has 0 aromatic heterocycles. The van der Waals surface area contributed by atoms with Gasteiger partial charge in [0, 0.05) is 6.42 Å². The predicted octanol–water partition coefficient (Wildman–Crippen LogP) is -1.30. The largest absolute Gasteiger partial charge is 0.479 e. The summed E-state index contributed by atoms with van der Waals surface area (Å²) in [5.74, 6) is 3.38. The minimum absolute atomic E-state index is 0.0608. The van der Waals surface area contributed by atoms with Crippen molar-refractivity contribution in [3.8, 4) is 11.8 Å². The van der Waals surface area contributed by atoms with E-state index in [4.69, 9.17) is 5.11 Å². The fourth-order valence-corrected chi connectivity index (χ4v) is 1.52. The van der Waals surface area contributed by atoms with Crippen molar-refractivity contribution in [2.24, 2.45) is 0 Å². The molecule has 0 saturated heterocycles. The number of hydrogen-bond donors (Lipinski definition) is 2. The van der Waals surface area contributed by atoms with Gasteiger partial charge in [-0.25, -0.2) is 4.79 Å². The molecule has 0 aromatic carbocycles. The van der Waals surface area contributed by atoms with Crippen LogP contribution in [0.5, 0.6) is 0 Å². The molecule has 2 N–H and O–H groups in total. The molecule has 0 radical (unpaired) electrons. The zero-order valence-corrected chi connectivity index (χ0v) is 7.30. The molecule has 0 unspecified atom stereocenters. The third kappa shape index (κ3) is 3.02. The van der Waals surface area contributed by atoms with Gasteiger partial charge in [-0.3, -0.25) is 4.18 Å². The van der Waals surface area contributed by atoms with Gasteiger partial charge >= 0.3 is 16.3 Å². The highest BCUT2D eigenvalue weighted by molar-refractivity contribution is 7.84. The lowest BCUT2D eigenvalue weighted by Gasteiger charge is -2.10. The molecular formula is C6H7NO5S. The lowest BCUT2D eigenvalue weighted by atomic mass is 10.3. The first-order chi connectivity index (χ1) is 6.01. The minimum Gasteiger partial charge on any atom is -0.479 e. The monoisotopic (exact) mass is 205 g/mol. The van der Waals surface area contributed by atoms with E-state index in [1.165, 1.54) is 0 Å². The molecule has 7 heteroatoms. The van der Waals surface area contributed by atoms with Gasteiger partial charge in [-0.05, 0) is 0 Å². The summed E-state index contributed by atoms with van der Waals surface area (Å²) in [7, 11) is -3.97. The Labute approximate surface area is 75.1 Å². The van der Waals surface area contributed by atoms with E-state index in [1.807, 2.05) is 0 Å². The first-order valence-corrected chi connectivity index (χ1v) is 4.80. The van der Waals surface area contributed by atoms with Crippen molar-refractivity contribution in [3.05, 3.63) is 0 Å². The van der Waals surface area contributed by atoms with Gasteiger partial charge in [0.25, 0.3) is 0 Å². The van der Waals surface area contributed by atoms with Gasteiger partial charge in [-0.1, -0.05) is 11.8 Å². The smallest absolute Gasteiger partial charge is 0.337 e. The third-order valence-electron chi connectivity index (χ3n) is 1.22. The Kier molecular flexibility index (Phi) is 2.87. The van der Waals surface area contributed by atoms with E-state index in [-0.39, 0.29) is 13.0 Å². The zero-order valence-electron chi connectivity index (χ0n) is 6.48. The van der Waals surface area contributed by atoms with Gasteiger partial charge in [-0.2, -0.15) is 13.1 Å². The topological polar surface area (TPSA) is 92.7 Å². The summed E-state index contributed by atoms with van der Waals surface area (Å²) in [6.07, 6.45) is 0.199. The Morgan fingerprint density at radius 2 is 2.31 bits per heavy atom. The van der Waals surface area contributed by atoms with Crippen LogP contribution in [0.3, 0.4) is 0 Å². The van der Waals surface area contributed by atoms with Crippen molar-refractivity contribution < 1.29 is 22.5 Å². The average molecular weight is 205 g/mol. The van der Waals surface area contributed by atoms with Gasteiger partial charge in [0.1, 0.15) is 0 Å². The highest BCUT2D eigenvalue weighted by Gasteiger charge is 2.23. The fraction of sp³-hybridized carbons (Fsp3) is 0.500. The first-order valence-electron chi connectivity index (χ1n) is 3.39. The normalized spacial score (nSPS) is 26.3. The number of carboxylic acids is 1. The predicted molar refractivity (Wildman–Crippen MR) is 41.8 cm³/mol. The molecule has 1 rings (SSSR count). The molecule has 0 aliphatic carbocycles. The van der Waals surface area contributed by atoms with Crippen molar-refractivity contribution in [3.63, 3.8) is 0 Å². The van der Waals surface area contributed by atoms with E-state index < -0.39 is 22.3 Å². The molecule has 0 saturated carbocycles. The Morgan fingerprint density at radius 3 is 2.92 bits per heavy atom. The molecule has 0 aromatic rings. The Hall–Kier alpha value is -1.10. The van der Waals surface area contributed by atoms with Crippen LogP contribution in [-0.4, -0.2) is 32.1 Å². The summed E-state index contributed by atoms with van der Waals surface area (Å²) in [4.78, 5) is 10.4. The maximum Gasteiger partial charge on any atom is 0.337 e. The molecule has 72 valence electrons. The molecule has 1 atom stereocenters. The van der Waals surface area contributed by atoms with Crippen molar-refractivity contribution in [1.29, 1.82) is 0 Å². The van der Waals surface area contributed by atoms with Crippen molar-refractivity contribution in [1.82, 2.24) is 4.72 Å². The van der Waals surface area contributed by atoms with Gasteiger partial charge in [0.15, 0.2) is 6.04 Å². The second-order valence-corrected chi connectivity index (χ2v) is 3.62. The maximum atomic E-state index is 10.9. The second-order valence-electron chi connectivity index (χ2n) is 2.24. The summed E-state index contributed by atoms with van der Waals surface area (Å²) < 4.78 is 27.9. The second kappa shape index (κ2) is 3.74. The number of carbonyl (C=O) groups is 1. The molecule has 0 fully saturated rings. The van der Waals surface area contributed by atoms with E-state index in [9.17, 15) is 13.2 Å². The average Bonchev–Trinajstić information content (AvgIpc) is 1.97. The number of nitrogens with one attached hydrogen (secondary N) is 1. The SMILES string of the molecule is O=C(O)[C@H]1C#CCCOS(=O)(=O)N1. The van der Waals surface area contributed by atoms with E-state index in [2.05, 4.69) is 16.0 Å². The van der Waals surface area contributed by atoms with Crippen LogP contribution in [-0.2, 0) is 19.3 Å². The van der Waals surface area contributed by atoms with Crippen LogP contribution in [0, 0.1) is 11.8 Å².